The summed E-state index contributed by atoms with van der Waals surface area (Å²) in [4.78, 5) is 14.0. The number of nitrogens with zero attached hydrogens (tertiary/aromatic N) is 1. The second kappa shape index (κ2) is 8.71. The van der Waals surface area contributed by atoms with E-state index < -0.39 is 5.41 Å². The first kappa shape index (κ1) is 18.4. The fourth-order valence-corrected chi connectivity index (χ4v) is 1.75. The zero-order chi connectivity index (χ0) is 16.6. The number of rotatable bonds is 9. The molecule has 0 N–H and O–H groups in total. The minimum absolute atomic E-state index is 0.226. The summed E-state index contributed by atoms with van der Waals surface area (Å²) in [5.74, 6) is -0.226. The van der Waals surface area contributed by atoms with Gasteiger partial charge in [0.1, 0.15) is 6.61 Å². The minimum atomic E-state index is -0.645. The topological polar surface area (TPSA) is 38.8 Å². The van der Waals surface area contributed by atoms with Crippen molar-refractivity contribution in [1.82, 2.24) is 4.90 Å². The lowest BCUT2D eigenvalue weighted by atomic mass is 9.95. The Morgan fingerprint density at radius 2 is 1.91 bits per heavy atom. The molecular weight excluding hydrogens is 278 g/mol. The Bertz CT molecular complexity index is 478. The maximum absolute atomic E-state index is 12.0. The molecule has 0 fully saturated rings. The number of carbonyl (C=O) groups is 1. The molecule has 0 saturated carbocycles. The molecule has 0 heterocycles. The van der Waals surface area contributed by atoms with Gasteiger partial charge in [-0.15, -0.1) is 0 Å². The summed E-state index contributed by atoms with van der Waals surface area (Å²) in [6, 6.07) is 7.98. The Balaban J connectivity index is 2.37. The first-order chi connectivity index (χ1) is 10.3. The van der Waals surface area contributed by atoms with Gasteiger partial charge in [0.25, 0.3) is 0 Å². The highest BCUT2D eigenvalue weighted by Gasteiger charge is 2.29. The van der Waals surface area contributed by atoms with Gasteiger partial charge in [0.15, 0.2) is 0 Å². The van der Waals surface area contributed by atoms with E-state index in [0.717, 1.165) is 17.7 Å². The standard InChI is InChI=1S/C18H27NO3/c1-6-15-7-9-16(10-8-15)13-21-14-18(2,3)17(20)22-12-11-19(4)5/h6-10H,1,11-14H2,2-5H3. The molecule has 1 rings (SSSR count). The third-order valence-electron chi connectivity index (χ3n) is 3.27. The van der Waals surface area contributed by atoms with Crippen molar-refractivity contribution in [1.29, 1.82) is 0 Å². The van der Waals surface area contributed by atoms with Gasteiger partial charge >= 0.3 is 5.97 Å². The predicted molar refractivity (Wildman–Crippen MR) is 89.5 cm³/mol. The Morgan fingerprint density at radius 1 is 1.27 bits per heavy atom. The molecule has 4 heteroatoms. The molecule has 0 amide bonds. The molecule has 1 aromatic rings. The predicted octanol–water partition coefficient (Wildman–Crippen LogP) is 2.98. The minimum Gasteiger partial charge on any atom is -0.464 e. The van der Waals surface area contributed by atoms with Gasteiger partial charge in [-0.2, -0.15) is 0 Å². The lowest BCUT2D eigenvalue weighted by molar-refractivity contribution is -0.158. The van der Waals surface area contributed by atoms with Gasteiger partial charge < -0.3 is 14.4 Å². The van der Waals surface area contributed by atoms with Gasteiger partial charge in [-0.3, -0.25) is 4.79 Å². The largest absolute Gasteiger partial charge is 0.464 e. The average molecular weight is 305 g/mol. The fraction of sp³-hybridized carbons (Fsp3) is 0.500. The molecular formula is C18H27NO3. The van der Waals surface area contributed by atoms with Crippen LogP contribution in [0.25, 0.3) is 6.08 Å². The molecule has 0 radical (unpaired) electrons. The SMILES string of the molecule is C=Cc1ccc(COCC(C)(C)C(=O)OCCN(C)C)cc1. The number of ether oxygens (including phenoxy) is 2. The maximum atomic E-state index is 12.0. The lowest BCUT2D eigenvalue weighted by Gasteiger charge is -2.23. The zero-order valence-corrected chi connectivity index (χ0v) is 14.1. The molecule has 0 bridgehead atoms. The number of hydrogen-bond acceptors (Lipinski definition) is 4. The number of hydrogen-bond donors (Lipinski definition) is 0. The van der Waals surface area contributed by atoms with Crippen LogP contribution in [0, 0.1) is 5.41 Å². The summed E-state index contributed by atoms with van der Waals surface area (Å²) >= 11 is 0. The maximum Gasteiger partial charge on any atom is 0.313 e. The van der Waals surface area contributed by atoms with Gasteiger partial charge in [0, 0.05) is 6.54 Å². The van der Waals surface area contributed by atoms with Crippen molar-refractivity contribution in [2.45, 2.75) is 20.5 Å². The highest BCUT2D eigenvalue weighted by Crippen LogP contribution is 2.19. The Kier molecular flexibility index (Phi) is 7.28. The normalized spacial score (nSPS) is 11.5. The smallest absolute Gasteiger partial charge is 0.313 e. The molecule has 0 atom stereocenters. The van der Waals surface area contributed by atoms with Crippen molar-refractivity contribution in [3.63, 3.8) is 0 Å². The molecule has 0 aliphatic carbocycles. The van der Waals surface area contributed by atoms with Crippen molar-refractivity contribution in [3.8, 4) is 0 Å². The number of carbonyl (C=O) groups excluding carboxylic acids is 1. The van der Waals surface area contributed by atoms with Gasteiger partial charge in [-0.1, -0.05) is 36.9 Å². The monoisotopic (exact) mass is 305 g/mol. The van der Waals surface area contributed by atoms with Crippen molar-refractivity contribution >= 4 is 12.0 Å². The average Bonchev–Trinajstić information content (AvgIpc) is 2.47. The van der Waals surface area contributed by atoms with E-state index in [1.807, 2.05) is 57.1 Å². The van der Waals surface area contributed by atoms with Crippen molar-refractivity contribution < 1.29 is 14.3 Å². The summed E-state index contributed by atoms with van der Waals surface area (Å²) in [7, 11) is 3.89. The summed E-state index contributed by atoms with van der Waals surface area (Å²) in [5.41, 5.74) is 1.50. The van der Waals surface area contributed by atoms with Crippen molar-refractivity contribution in [2.75, 3.05) is 33.9 Å². The first-order valence-electron chi connectivity index (χ1n) is 7.46. The second-order valence-electron chi connectivity index (χ2n) is 6.26. The van der Waals surface area contributed by atoms with E-state index in [4.69, 9.17) is 9.47 Å². The van der Waals surface area contributed by atoms with Crippen LogP contribution in [0.2, 0.25) is 0 Å². The van der Waals surface area contributed by atoms with Crippen LogP contribution < -0.4 is 0 Å². The summed E-state index contributed by atoms with van der Waals surface area (Å²) in [5, 5.41) is 0. The Labute approximate surface area is 133 Å². The highest BCUT2D eigenvalue weighted by molar-refractivity contribution is 5.76. The van der Waals surface area contributed by atoms with Gasteiger partial charge in [0.05, 0.1) is 18.6 Å². The number of esters is 1. The van der Waals surface area contributed by atoms with E-state index in [9.17, 15) is 4.79 Å². The molecule has 0 aromatic heterocycles. The van der Waals surface area contributed by atoms with Crippen molar-refractivity contribution in [3.05, 3.63) is 42.0 Å². The Morgan fingerprint density at radius 3 is 2.45 bits per heavy atom. The summed E-state index contributed by atoms with van der Waals surface area (Å²) in [6.45, 7) is 9.33. The van der Waals surface area contributed by atoms with Crippen LogP contribution in [-0.4, -0.2) is 44.7 Å². The van der Waals surface area contributed by atoms with Gasteiger partial charge in [-0.25, -0.2) is 0 Å². The molecule has 0 aliphatic rings. The van der Waals surface area contributed by atoms with E-state index in [1.165, 1.54) is 0 Å². The number of benzene rings is 1. The van der Waals surface area contributed by atoms with Crippen LogP contribution in [0.1, 0.15) is 25.0 Å². The fourth-order valence-electron chi connectivity index (χ4n) is 1.75. The van der Waals surface area contributed by atoms with Crippen LogP contribution in [0.15, 0.2) is 30.8 Å². The third kappa shape index (κ3) is 6.41. The number of likely N-dealkylation sites (N-methyl/N-ethyl adjacent to an activating group) is 1. The first-order valence-corrected chi connectivity index (χ1v) is 7.46. The van der Waals surface area contributed by atoms with Crippen LogP contribution in [0.4, 0.5) is 0 Å². The Hall–Kier alpha value is -1.65. The summed E-state index contributed by atoms with van der Waals surface area (Å²) < 4.78 is 10.9. The lowest BCUT2D eigenvalue weighted by Crippen LogP contribution is -2.33. The highest BCUT2D eigenvalue weighted by atomic mass is 16.5. The molecule has 0 aliphatic heterocycles. The van der Waals surface area contributed by atoms with Crippen LogP contribution in [-0.2, 0) is 20.9 Å². The van der Waals surface area contributed by atoms with E-state index in [0.29, 0.717) is 19.8 Å². The molecule has 0 saturated heterocycles. The molecule has 0 spiro atoms. The van der Waals surface area contributed by atoms with E-state index >= 15 is 0 Å². The second-order valence-corrected chi connectivity index (χ2v) is 6.26. The van der Waals surface area contributed by atoms with Gasteiger partial charge in [-0.05, 0) is 39.1 Å². The molecule has 4 nitrogen and oxygen atoms in total. The van der Waals surface area contributed by atoms with Crippen LogP contribution in [0.5, 0.6) is 0 Å². The van der Waals surface area contributed by atoms with E-state index in [-0.39, 0.29) is 5.97 Å². The summed E-state index contributed by atoms with van der Waals surface area (Å²) in [6.07, 6.45) is 1.80. The van der Waals surface area contributed by atoms with E-state index in [1.54, 1.807) is 6.08 Å². The molecule has 1 aromatic carbocycles. The van der Waals surface area contributed by atoms with E-state index in [2.05, 4.69) is 6.58 Å². The molecule has 22 heavy (non-hydrogen) atoms. The third-order valence-corrected chi connectivity index (χ3v) is 3.27. The van der Waals surface area contributed by atoms with Crippen molar-refractivity contribution in [2.24, 2.45) is 5.41 Å². The van der Waals surface area contributed by atoms with Gasteiger partial charge in [0.2, 0.25) is 0 Å². The quantitative estimate of drug-likeness (QED) is 0.658. The molecule has 122 valence electrons. The zero-order valence-electron chi connectivity index (χ0n) is 14.1. The van der Waals surface area contributed by atoms with Crippen LogP contribution >= 0.6 is 0 Å². The van der Waals surface area contributed by atoms with Crippen LogP contribution in [0.3, 0.4) is 0 Å². The molecule has 0 unspecified atom stereocenters.